The van der Waals surface area contributed by atoms with Gasteiger partial charge in [-0.3, -0.25) is 9.59 Å². The van der Waals surface area contributed by atoms with Gasteiger partial charge in [-0.25, -0.2) is 19.0 Å². The molecule has 0 fully saturated rings. The van der Waals surface area contributed by atoms with Crippen molar-refractivity contribution in [3.63, 3.8) is 0 Å². The Morgan fingerprint density at radius 2 is 1.86 bits per heavy atom. The van der Waals surface area contributed by atoms with Crippen molar-refractivity contribution in [3.8, 4) is 0 Å². The van der Waals surface area contributed by atoms with Crippen LogP contribution >= 0.6 is 0 Å². The lowest BCUT2D eigenvalue weighted by Crippen LogP contribution is -2.33. The number of carbonyl (C=O) groups excluding carboxylic acids is 2. The van der Waals surface area contributed by atoms with E-state index in [-0.39, 0.29) is 12.4 Å². The average Bonchev–Trinajstić information content (AvgIpc) is 3.43. The lowest BCUT2D eigenvalue weighted by molar-refractivity contribution is -0.117. The van der Waals surface area contributed by atoms with Crippen molar-refractivity contribution in [1.29, 1.82) is 0 Å². The zero-order valence-electron chi connectivity index (χ0n) is 18.9. The minimum Gasteiger partial charge on any atom is -0.365 e. The van der Waals surface area contributed by atoms with Gasteiger partial charge in [-0.15, -0.1) is 0 Å². The predicted octanol–water partition coefficient (Wildman–Crippen LogP) is 3.37. The van der Waals surface area contributed by atoms with E-state index >= 15 is 0 Å². The number of aromatic amines is 1. The largest absolute Gasteiger partial charge is 0.365 e. The molecule has 1 amide bonds. The first-order chi connectivity index (χ1) is 17.0. The molecule has 9 nitrogen and oxygen atoms in total. The Hall–Kier alpha value is -4.60. The fourth-order valence-corrected chi connectivity index (χ4v) is 4.02. The number of halogens is 1. The molecule has 35 heavy (non-hydrogen) atoms. The quantitative estimate of drug-likeness (QED) is 0.236. The van der Waals surface area contributed by atoms with Gasteiger partial charge in [0, 0.05) is 29.7 Å². The first-order valence-electron chi connectivity index (χ1n) is 11.1. The zero-order valence-corrected chi connectivity index (χ0v) is 18.9. The molecule has 10 heteroatoms. The maximum absolute atomic E-state index is 13.1. The predicted molar refractivity (Wildman–Crippen MR) is 129 cm³/mol. The van der Waals surface area contributed by atoms with Crippen molar-refractivity contribution in [2.24, 2.45) is 0 Å². The lowest BCUT2D eigenvalue weighted by atomic mass is 10.1. The number of nitrogens with one attached hydrogen (secondary N) is 3. The second-order valence-corrected chi connectivity index (χ2v) is 8.06. The number of rotatable bonds is 8. The Labute approximate surface area is 199 Å². The highest BCUT2D eigenvalue weighted by Crippen LogP contribution is 2.22. The number of benzene rings is 2. The van der Waals surface area contributed by atoms with Crippen LogP contribution in [0.2, 0.25) is 0 Å². The Morgan fingerprint density at radius 3 is 2.69 bits per heavy atom. The Kier molecular flexibility index (Phi) is 5.92. The molecule has 2 aromatic carbocycles. The molecule has 0 spiro atoms. The summed E-state index contributed by atoms with van der Waals surface area (Å²) in [5, 5.41) is 11.7. The number of Topliss-reactive ketones (excluding diaryl/α,β-unsaturated/α-hetero) is 1. The Morgan fingerprint density at radius 1 is 1.06 bits per heavy atom. The molecule has 0 unspecified atom stereocenters. The average molecular weight is 471 g/mol. The summed E-state index contributed by atoms with van der Waals surface area (Å²) in [5.74, 6) is -0.949. The second kappa shape index (κ2) is 9.34. The molecule has 0 saturated heterocycles. The normalized spacial score (nSPS) is 11.1. The van der Waals surface area contributed by atoms with Crippen molar-refractivity contribution in [2.45, 2.75) is 20.0 Å². The lowest BCUT2D eigenvalue weighted by Gasteiger charge is -2.08. The molecular weight excluding hydrogens is 449 g/mol. The SMILES string of the molecule is Cc1[nH]c2ccccc2c1C(=O)C(=O)NCCn1ncc2c(NCc3ccc(F)cc3)ncnc21. The summed E-state index contributed by atoms with van der Waals surface area (Å²) in [6.45, 7) is 2.76. The van der Waals surface area contributed by atoms with Crippen LogP contribution in [0, 0.1) is 12.7 Å². The van der Waals surface area contributed by atoms with Gasteiger partial charge in [0.1, 0.15) is 18.0 Å². The number of para-hydroxylation sites is 1. The minimum absolute atomic E-state index is 0.200. The van der Waals surface area contributed by atoms with Crippen LogP contribution in [0.4, 0.5) is 10.2 Å². The van der Waals surface area contributed by atoms with Crippen LogP contribution in [-0.4, -0.2) is 43.0 Å². The standard InChI is InChI=1S/C25H22FN7O2/c1-15-21(18-4-2-3-5-20(18)32-15)22(34)25(35)27-10-11-33-24-19(13-31-33)23(29-14-30-24)28-12-16-6-8-17(26)9-7-16/h2-9,13-14,32H,10-12H2,1H3,(H,27,35)(H,28,29,30). The summed E-state index contributed by atoms with van der Waals surface area (Å²) < 4.78 is 14.8. The molecular formula is C25H22FN7O2. The number of anilines is 1. The monoisotopic (exact) mass is 471 g/mol. The van der Waals surface area contributed by atoms with E-state index in [0.717, 1.165) is 16.5 Å². The molecule has 5 rings (SSSR count). The van der Waals surface area contributed by atoms with Gasteiger partial charge in [0.15, 0.2) is 5.65 Å². The molecule has 0 atom stereocenters. The molecule has 3 N–H and O–H groups in total. The van der Waals surface area contributed by atoms with Crippen LogP contribution in [0.15, 0.2) is 61.1 Å². The number of carbonyl (C=O) groups is 2. The molecule has 176 valence electrons. The van der Waals surface area contributed by atoms with Crippen molar-refractivity contribution in [3.05, 3.63) is 83.7 Å². The van der Waals surface area contributed by atoms with E-state index in [4.69, 9.17) is 0 Å². The molecule has 3 aromatic heterocycles. The summed E-state index contributed by atoms with van der Waals surface area (Å²) in [6, 6.07) is 13.6. The molecule has 0 radical (unpaired) electrons. The maximum atomic E-state index is 13.1. The van der Waals surface area contributed by atoms with Gasteiger partial charge < -0.3 is 15.6 Å². The van der Waals surface area contributed by atoms with Gasteiger partial charge in [0.25, 0.3) is 11.7 Å². The van der Waals surface area contributed by atoms with Gasteiger partial charge >= 0.3 is 0 Å². The van der Waals surface area contributed by atoms with Crippen LogP contribution in [0.3, 0.4) is 0 Å². The van der Waals surface area contributed by atoms with E-state index in [1.54, 1.807) is 29.9 Å². The van der Waals surface area contributed by atoms with E-state index in [0.29, 0.717) is 41.2 Å². The van der Waals surface area contributed by atoms with E-state index in [1.165, 1.54) is 18.5 Å². The maximum Gasteiger partial charge on any atom is 0.292 e. The van der Waals surface area contributed by atoms with E-state index in [1.807, 2.05) is 24.3 Å². The number of aromatic nitrogens is 5. The van der Waals surface area contributed by atoms with Crippen molar-refractivity contribution in [2.75, 3.05) is 11.9 Å². The highest BCUT2D eigenvalue weighted by atomic mass is 19.1. The zero-order chi connectivity index (χ0) is 24.4. The van der Waals surface area contributed by atoms with E-state index in [9.17, 15) is 14.0 Å². The van der Waals surface area contributed by atoms with E-state index < -0.39 is 11.7 Å². The number of ketones is 1. The van der Waals surface area contributed by atoms with Gasteiger partial charge in [-0.2, -0.15) is 5.10 Å². The number of aryl methyl sites for hydroxylation is 1. The number of amides is 1. The first-order valence-corrected chi connectivity index (χ1v) is 11.1. The molecule has 0 aliphatic heterocycles. The van der Waals surface area contributed by atoms with Crippen LogP contribution in [0.1, 0.15) is 21.6 Å². The van der Waals surface area contributed by atoms with Crippen molar-refractivity contribution in [1.82, 2.24) is 30.0 Å². The van der Waals surface area contributed by atoms with Gasteiger partial charge in [0.05, 0.1) is 23.7 Å². The topological polar surface area (TPSA) is 118 Å². The second-order valence-electron chi connectivity index (χ2n) is 8.06. The van der Waals surface area contributed by atoms with E-state index in [2.05, 4.69) is 30.7 Å². The summed E-state index contributed by atoms with van der Waals surface area (Å²) in [6.07, 6.45) is 3.07. The minimum atomic E-state index is -0.675. The fraction of sp³-hybridized carbons (Fsp3) is 0.160. The molecule has 0 saturated carbocycles. The molecule has 3 heterocycles. The van der Waals surface area contributed by atoms with Crippen LogP contribution in [-0.2, 0) is 17.9 Å². The number of nitrogens with zero attached hydrogens (tertiary/aromatic N) is 4. The fourth-order valence-electron chi connectivity index (χ4n) is 4.02. The van der Waals surface area contributed by atoms with Gasteiger partial charge in [-0.05, 0) is 30.7 Å². The Bertz CT molecular complexity index is 1540. The van der Waals surface area contributed by atoms with Crippen LogP contribution in [0.25, 0.3) is 21.9 Å². The summed E-state index contributed by atoms with van der Waals surface area (Å²) in [4.78, 5) is 37.1. The van der Waals surface area contributed by atoms with Gasteiger partial charge in [0.2, 0.25) is 0 Å². The molecule has 5 aromatic rings. The highest BCUT2D eigenvalue weighted by molar-refractivity contribution is 6.45. The Balaban J connectivity index is 1.23. The first kappa shape index (κ1) is 22.2. The molecule has 0 aliphatic carbocycles. The number of hydrogen-bond acceptors (Lipinski definition) is 6. The highest BCUT2D eigenvalue weighted by Gasteiger charge is 2.22. The van der Waals surface area contributed by atoms with Crippen molar-refractivity contribution < 1.29 is 14.0 Å². The number of fused-ring (bicyclic) bond motifs is 2. The third kappa shape index (κ3) is 4.45. The summed E-state index contributed by atoms with van der Waals surface area (Å²) >= 11 is 0. The van der Waals surface area contributed by atoms with Gasteiger partial charge in [-0.1, -0.05) is 30.3 Å². The number of hydrogen-bond donors (Lipinski definition) is 3. The van der Waals surface area contributed by atoms with Crippen LogP contribution in [0.5, 0.6) is 0 Å². The third-order valence-electron chi connectivity index (χ3n) is 5.74. The molecule has 0 bridgehead atoms. The third-order valence-corrected chi connectivity index (χ3v) is 5.74. The van der Waals surface area contributed by atoms with Crippen LogP contribution < -0.4 is 10.6 Å². The smallest absolute Gasteiger partial charge is 0.292 e. The van der Waals surface area contributed by atoms with Crippen molar-refractivity contribution >= 4 is 39.4 Å². The number of H-pyrrole nitrogens is 1. The summed E-state index contributed by atoms with van der Waals surface area (Å²) in [7, 11) is 0. The molecule has 0 aliphatic rings. The summed E-state index contributed by atoms with van der Waals surface area (Å²) in [5.41, 5.74) is 3.35.